The van der Waals surface area contributed by atoms with Gasteiger partial charge in [0.25, 0.3) is 5.69 Å². The van der Waals surface area contributed by atoms with Crippen LogP contribution >= 0.6 is 11.8 Å². The van der Waals surface area contributed by atoms with Crippen molar-refractivity contribution in [2.24, 2.45) is 0 Å². The van der Waals surface area contributed by atoms with Gasteiger partial charge in [-0.1, -0.05) is 25.3 Å². The zero-order valence-electron chi connectivity index (χ0n) is 17.1. The highest BCUT2D eigenvalue weighted by Crippen LogP contribution is 2.30. The molecule has 0 aromatic heterocycles. The zero-order valence-corrected chi connectivity index (χ0v) is 18.7. The average molecular weight is 444 g/mol. The van der Waals surface area contributed by atoms with Crippen LogP contribution in [0, 0.1) is 17.0 Å². The van der Waals surface area contributed by atoms with Crippen LogP contribution in [0.1, 0.15) is 44.6 Å². The Kier molecular flexibility index (Phi) is 8.33. The van der Waals surface area contributed by atoms with Gasteiger partial charge in [-0.05, 0) is 32.3 Å². The van der Waals surface area contributed by atoms with E-state index in [0.717, 1.165) is 16.3 Å². The summed E-state index contributed by atoms with van der Waals surface area (Å²) in [5.74, 6) is 0.350. The minimum Gasteiger partial charge on any atom is -0.353 e. The Bertz CT molecular complexity index is 838. The van der Waals surface area contributed by atoms with Crippen molar-refractivity contribution in [1.82, 2.24) is 5.32 Å². The molecule has 1 aliphatic carbocycles. The molecule has 1 amide bonds. The second-order valence-electron chi connectivity index (χ2n) is 7.38. The van der Waals surface area contributed by atoms with Crippen molar-refractivity contribution < 1.29 is 18.1 Å². The van der Waals surface area contributed by atoms with Crippen LogP contribution in [0.15, 0.2) is 18.2 Å². The molecule has 1 atom stereocenters. The fourth-order valence-corrected chi connectivity index (χ4v) is 5.95. The van der Waals surface area contributed by atoms with Crippen LogP contribution in [0.4, 0.5) is 11.4 Å². The van der Waals surface area contributed by atoms with Crippen LogP contribution in [0.2, 0.25) is 0 Å². The molecule has 0 bridgehead atoms. The fraction of sp³-hybridized carbons (Fsp3) is 0.632. The smallest absolute Gasteiger partial charge is 0.271 e. The largest absolute Gasteiger partial charge is 0.353 e. The summed E-state index contributed by atoms with van der Waals surface area (Å²) in [5.41, 5.74) is 0.449. The van der Waals surface area contributed by atoms with Crippen molar-refractivity contribution >= 4 is 39.1 Å². The Balaban J connectivity index is 2.07. The van der Waals surface area contributed by atoms with Gasteiger partial charge in [-0.2, -0.15) is 11.8 Å². The first kappa shape index (κ1) is 23.5. The highest BCUT2D eigenvalue weighted by Gasteiger charge is 2.31. The maximum atomic E-state index is 12.6. The lowest BCUT2D eigenvalue weighted by molar-refractivity contribution is -0.384. The number of hydrogen-bond acceptors (Lipinski definition) is 6. The molecule has 1 saturated carbocycles. The molecular weight excluding hydrogens is 414 g/mol. The maximum Gasteiger partial charge on any atom is 0.271 e. The monoisotopic (exact) mass is 443 g/mol. The molecule has 1 aromatic rings. The topological polar surface area (TPSA) is 110 Å². The van der Waals surface area contributed by atoms with Crippen molar-refractivity contribution in [3.63, 3.8) is 0 Å². The van der Waals surface area contributed by atoms with Crippen LogP contribution in [0.5, 0.6) is 0 Å². The number of nitro benzene ring substituents is 1. The standard InChI is InChI=1S/C19H29N3O5S2/c1-14-9-10-16(22(24)25)13-18(14)21(29(3,26)27)15(2)19(23)20-11-12-28-17-7-5-4-6-8-17/h9-10,13,15,17H,4-8,11-12H2,1-3H3,(H,20,23)/t15-/m0/s1. The van der Waals surface area contributed by atoms with Crippen molar-refractivity contribution in [3.05, 3.63) is 33.9 Å². The number of sulfonamides is 1. The van der Waals surface area contributed by atoms with E-state index in [9.17, 15) is 23.3 Å². The molecule has 0 unspecified atom stereocenters. The van der Waals surface area contributed by atoms with E-state index in [4.69, 9.17) is 0 Å². The first-order valence-corrected chi connectivity index (χ1v) is 12.6. The summed E-state index contributed by atoms with van der Waals surface area (Å²) in [4.78, 5) is 23.1. The van der Waals surface area contributed by atoms with Crippen LogP contribution in [0.25, 0.3) is 0 Å². The van der Waals surface area contributed by atoms with Crippen LogP contribution in [-0.2, 0) is 14.8 Å². The molecule has 10 heteroatoms. The lowest BCUT2D eigenvalue weighted by atomic mass is 10.0. The van der Waals surface area contributed by atoms with E-state index in [0.29, 0.717) is 17.4 Å². The highest BCUT2D eigenvalue weighted by atomic mass is 32.2. The van der Waals surface area contributed by atoms with Gasteiger partial charge >= 0.3 is 0 Å². The second-order valence-corrected chi connectivity index (χ2v) is 10.7. The molecule has 1 N–H and O–H groups in total. The van der Waals surface area contributed by atoms with Crippen molar-refractivity contribution in [2.45, 2.75) is 57.2 Å². The summed E-state index contributed by atoms with van der Waals surface area (Å²) in [7, 11) is -3.83. The van der Waals surface area contributed by atoms with E-state index in [2.05, 4.69) is 5.32 Å². The van der Waals surface area contributed by atoms with E-state index >= 15 is 0 Å². The number of hydrogen-bond donors (Lipinski definition) is 1. The number of rotatable bonds is 9. The van der Waals surface area contributed by atoms with Gasteiger partial charge in [0.2, 0.25) is 15.9 Å². The van der Waals surface area contributed by atoms with Gasteiger partial charge in [0.15, 0.2) is 0 Å². The van der Waals surface area contributed by atoms with E-state index in [1.807, 2.05) is 11.8 Å². The summed E-state index contributed by atoms with van der Waals surface area (Å²) >= 11 is 1.85. The lowest BCUT2D eigenvalue weighted by Crippen LogP contribution is -2.48. The predicted molar refractivity (Wildman–Crippen MR) is 117 cm³/mol. The number of nitro groups is 1. The van der Waals surface area contributed by atoms with Crippen LogP contribution in [0.3, 0.4) is 0 Å². The maximum absolute atomic E-state index is 12.6. The molecule has 8 nitrogen and oxygen atoms in total. The molecule has 0 heterocycles. The molecule has 1 aliphatic rings. The minimum atomic E-state index is -3.83. The van der Waals surface area contributed by atoms with Crippen molar-refractivity contribution in [3.8, 4) is 0 Å². The van der Waals surface area contributed by atoms with Gasteiger partial charge in [-0.25, -0.2) is 8.42 Å². The zero-order chi connectivity index (χ0) is 21.6. The highest BCUT2D eigenvalue weighted by molar-refractivity contribution is 7.99. The molecular formula is C19H29N3O5S2. The number of carbonyl (C=O) groups excluding carboxylic acids is 1. The summed E-state index contributed by atoms with van der Waals surface area (Å²) in [6.07, 6.45) is 7.23. The third kappa shape index (κ3) is 6.60. The number of nitrogens with zero attached hydrogens (tertiary/aromatic N) is 2. The first-order chi connectivity index (χ1) is 13.6. The average Bonchev–Trinajstić information content (AvgIpc) is 2.66. The molecule has 0 radical (unpaired) electrons. The molecule has 2 rings (SSSR count). The van der Waals surface area contributed by atoms with Gasteiger partial charge in [-0.3, -0.25) is 19.2 Å². The summed E-state index contributed by atoms with van der Waals surface area (Å²) in [6, 6.07) is 2.97. The summed E-state index contributed by atoms with van der Waals surface area (Å²) in [6.45, 7) is 3.60. The second kappa shape index (κ2) is 10.3. The number of non-ortho nitro benzene ring substituents is 1. The van der Waals surface area contributed by atoms with Gasteiger partial charge in [0, 0.05) is 29.7 Å². The molecule has 29 heavy (non-hydrogen) atoms. The molecule has 0 aliphatic heterocycles. The van der Waals surface area contributed by atoms with Crippen LogP contribution in [-0.4, -0.2) is 49.1 Å². The van der Waals surface area contributed by atoms with Crippen LogP contribution < -0.4 is 9.62 Å². The van der Waals surface area contributed by atoms with Gasteiger partial charge in [0.05, 0.1) is 16.9 Å². The van der Waals surface area contributed by atoms with E-state index < -0.39 is 26.9 Å². The summed E-state index contributed by atoms with van der Waals surface area (Å²) < 4.78 is 25.8. The number of amides is 1. The van der Waals surface area contributed by atoms with Gasteiger partial charge in [0.1, 0.15) is 6.04 Å². The van der Waals surface area contributed by atoms with E-state index in [1.54, 1.807) is 6.92 Å². The Morgan fingerprint density at radius 3 is 2.59 bits per heavy atom. The molecule has 1 fully saturated rings. The van der Waals surface area contributed by atoms with Gasteiger partial charge < -0.3 is 5.32 Å². The molecule has 0 saturated heterocycles. The Morgan fingerprint density at radius 2 is 2.00 bits per heavy atom. The Labute approximate surface area is 176 Å². The lowest BCUT2D eigenvalue weighted by Gasteiger charge is -2.29. The number of carbonyl (C=O) groups is 1. The van der Waals surface area contributed by atoms with Crippen molar-refractivity contribution in [1.29, 1.82) is 0 Å². The quantitative estimate of drug-likeness (QED) is 0.356. The number of aryl methyl sites for hydroxylation is 1. The van der Waals surface area contributed by atoms with E-state index in [-0.39, 0.29) is 11.4 Å². The Hall–Kier alpha value is -1.81. The first-order valence-electron chi connectivity index (χ1n) is 9.75. The third-order valence-electron chi connectivity index (χ3n) is 5.04. The number of benzene rings is 1. The van der Waals surface area contributed by atoms with Crippen molar-refractivity contribution in [2.75, 3.05) is 22.9 Å². The molecule has 0 spiro atoms. The minimum absolute atomic E-state index is 0.140. The predicted octanol–water partition coefficient (Wildman–Crippen LogP) is 3.24. The normalized spacial score (nSPS) is 16.2. The number of anilines is 1. The Morgan fingerprint density at radius 1 is 1.34 bits per heavy atom. The number of thioether (sulfide) groups is 1. The van der Waals surface area contributed by atoms with Gasteiger partial charge in [-0.15, -0.1) is 0 Å². The SMILES string of the molecule is Cc1ccc([N+](=O)[O-])cc1N([C@@H](C)C(=O)NCCSC1CCCCC1)S(C)(=O)=O. The van der Waals surface area contributed by atoms with E-state index in [1.165, 1.54) is 57.2 Å². The third-order valence-corrected chi connectivity index (χ3v) is 7.65. The number of nitrogens with one attached hydrogen (secondary N) is 1. The molecule has 1 aromatic carbocycles. The molecule has 162 valence electrons. The fourth-order valence-electron chi connectivity index (χ4n) is 3.51. The summed E-state index contributed by atoms with van der Waals surface area (Å²) in [5, 5.41) is 14.5.